The van der Waals surface area contributed by atoms with Crippen molar-refractivity contribution in [3.05, 3.63) is 33.8 Å². The van der Waals surface area contributed by atoms with E-state index in [2.05, 4.69) is 0 Å². The van der Waals surface area contributed by atoms with E-state index in [0.717, 1.165) is 12.0 Å². The van der Waals surface area contributed by atoms with Gasteiger partial charge in [0, 0.05) is 0 Å². The SMILES string of the molecule is ClCOCCc1ccc(Cl)c(Cl)c1. The Labute approximate surface area is 92.5 Å². The highest BCUT2D eigenvalue weighted by Crippen LogP contribution is 2.22. The van der Waals surface area contributed by atoms with Gasteiger partial charge in [0.05, 0.1) is 16.7 Å². The van der Waals surface area contributed by atoms with Crippen molar-refractivity contribution in [2.75, 3.05) is 12.7 Å². The molecule has 0 unspecified atom stereocenters. The second-order valence-electron chi connectivity index (χ2n) is 2.52. The summed E-state index contributed by atoms with van der Waals surface area (Å²) in [5.74, 6) is 0. The molecule has 1 rings (SSSR count). The molecule has 72 valence electrons. The third-order valence-electron chi connectivity index (χ3n) is 1.60. The molecule has 4 heteroatoms. The zero-order valence-electron chi connectivity index (χ0n) is 6.90. The molecule has 0 aromatic heterocycles. The van der Waals surface area contributed by atoms with Crippen molar-refractivity contribution < 1.29 is 4.74 Å². The van der Waals surface area contributed by atoms with Gasteiger partial charge in [0.25, 0.3) is 0 Å². The molecule has 0 aliphatic rings. The fourth-order valence-corrected chi connectivity index (χ4v) is 1.37. The molecule has 13 heavy (non-hydrogen) atoms. The van der Waals surface area contributed by atoms with Gasteiger partial charge in [-0.2, -0.15) is 0 Å². The lowest BCUT2D eigenvalue weighted by Gasteiger charge is -2.02. The molecule has 0 N–H and O–H groups in total. The summed E-state index contributed by atoms with van der Waals surface area (Å²) in [5, 5.41) is 1.15. The van der Waals surface area contributed by atoms with Gasteiger partial charge < -0.3 is 4.74 Å². The third kappa shape index (κ3) is 3.74. The van der Waals surface area contributed by atoms with Crippen LogP contribution in [0.25, 0.3) is 0 Å². The lowest BCUT2D eigenvalue weighted by Crippen LogP contribution is -1.96. The van der Waals surface area contributed by atoms with E-state index in [9.17, 15) is 0 Å². The minimum Gasteiger partial charge on any atom is -0.365 e. The summed E-state index contributed by atoms with van der Waals surface area (Å²) in [4.78, 5) is 0. The van der Waals surface area contributed by atoms with Crippen LogP contribution in [-0.4, -0.2) is 12.7 Å². The summed E-state index contributed by atoms with van der Waals surface area (Å²) in [6.45, 7) is 0.599. The summed E-state index contributed by atoms with van der Waals surface area (Å²) in [6, 6.07) is 5.76. The second-order valence-corrected chi connectivity index (χ2v) is 3.55. The van der Waals surface area contributed by atoms with Gasteiger partial charge in [-0.3, -0.25) is 0 Å². The highest BCUT2D eigenvalue weighted by molar-refractivity contribution is 6.42. The van der Waals surface area contributed by atoms with Crippen LogP contribution in [0.1, 0.15) is 5.56 Å². The molecule has 0 spiro atoms. The molecule has 0 aliphatic heterocycles. The average Bonchev–Trinajstić information content (AvgIpc) is 2.12. The van der Waals surface area contributed by atoms with Gasteiger partial charge in [0.2, 0.25) is 0 Å². The average molecular weight is 240 g/mol. The van der Waals surface area contributed by atoms with Crippen LogP contribution in [0.5, 0.6) is 0 Å². The van der Waals surface area contributed by atoms with Gasteiger partial charge in [-0.1, -0.05) is 40.9 Å². The maximum atomic E-state index is 5.83. The number of halogens is 3. The molecule has 1 nitrogen and oxygen atoms in total. The second kappa shape index (κ2) is 5.71. The Morgan fingerprint density at radius 1 is 1.15 bits per heavy atom. The molecule has 0 saturated heterocycles. The summed E-state index contributed by atoms with van der Waals surface area (Å²) in [5.41, 5.74) is 1.10. The topological polar surface area (TPSA) is 9.23 Å². The van der Waals surface area contributed by atoms with Crippen molar-refractivity contribution >= 4 is 34.8 Å². The van der Waals surface area contributed by atoms with E-state index in [-0.39, 0.29) is 6.07 Å². The highest BCUT2D eigenvalue weighted by Gasteiger charge is 1.98. The quantitative estimate of drug-likeness (QED) is 0.574. The molecule has 0 bridgehead atoms. The predicted octanol–water partition coefficient (Wildman–Crippen LogP) is 3.75. The van der Waals surface area contributed by atoms with Crippen LogP contribution in [0.3, 0.4) is 0 Å². The van der Waals surface area contributed by atoms with Crippen molar-refractivity contribution in [3.8, 4) is 0 Å². The molecule has 1 aromatic carbocycles. The first kappa shape index (κ1) is 11.1. The molecule has 0 radical (unpaired) electrons. The third-order valence-corrected chi connectivity index (χ3v) is 2.49. The van der Waals surface area contributed by atoms with Gasteiger partial charge in [0.15, 0.2) is 0 Å². The fourth-order valence-electron chi connectivity index (χ4n) is 0.940. The van der Waals surface area contributed by atoms with Gasteiger partial charge >= 0.3 is 0 Å². The van der Waals surface area contributed by atoms with Gasteiger partial charge in [-0.05, 0) is 24.1 Å². The van der Waals surface area contributed by atoms with Crippen molar-refractivity contribution in [3.63, 3.8) is 0 Å². The largest absolute Gasteiger partial charge is 0.365 e. The van der Waals surface area contributed by atoms with E-state index in [0.29, 0.717) is 16.7 Å². The molecule has 0 heterocycles. The Hall–Kier alpha value is 0.0500. The molecule has 0 fully saturated rings. The monoisotopic (exact) mass is 238 g/mol. The van der Waals surface area contributed by atoms with Crippen molar-refractivity contribution in [2.24, 2.45) is 0 Å². The zero-order chi connectivity index (χ0) is 9.68. The smallest absolute Gasteiger partial charge is 0.120 e. The number of rotatable bonds is 4. The number of ether oxygens (including phenoxy) is 1. The van der Waals surface area contributed by atoms with Crippen LogP contribution < -0.4 is 0 Å². The van der Waals surface area contributed by atoms with Crippen LogP contribution in [0.15, 0.2) is 18.2 Å². The fraction of sp³-hybridized carbons (Fsp3) is 0.333. The molecular weight excluding hydrogens is 230 g/mol. The minimum atomic E-state index is 0.224. The van der Waals surface area contributed by atoms with Crippen LogP contribution in [0, 0.1) is 0 Å². The Kier molecular flexibility index (Phi) is 4.89. The summed E-state index contributed by atoms with van der Waals surface area (Å²) in [6.07, 6.45) is 0.795. The number of hydrogen-bond acceptors (Lipinski definition) is 1. The standard InChI is InChI=1S/C9H9Cl3O/c10-6-13-4-3-7-1-2-8(11)9(12)5-7/h1-2,5H,3-4,6H2. The molecule has 0 atom stereocenters. The molecule has 0 saturated carbocycles. The van der Waals surface area contributed by atoms with E-state index in [1.165, 1.54) is 0 Å². The molecule has 1 aromatic rings. The molecule has 0 amide bonds. The maximum absolute atomic E-state index is 5.83. The first-order valence-corrected chi connectivity index (χ1v) is 5.10. The van der Waals surface area contributed by atoms with Gasteiger partial charge in [-0.25, -0.2) is 0 Å². The Balaban J connectivity index is 2.53. The lowest BCUT2D eigenvalue weighted by atomic mass is 10.2. The summed E-state index contributed by atoms with van der Waals surface area (Å²) < 4.78 is 5.00. The van der Waals surface area contributed by atoms with Crippen LogP contribution >= 0.6 is 34.8 Å². The summed E-state index contributed by atoms with van der Waals surface area (Å²) in [7, 11) is 0. The van der Waals surface area contributed by atoms with Crippen molar-refractivity contribution in [1.82, 2.24) is 0 Å². The van der Waals surface area contributed by atoms with Gasteiger partial charge in [0.1, 0.15) is 6.07 Å². The highest BCUT2D eigenvalue weighted by atomic mass is 35.5. The lowest BCUT2D eigenvalue weighted by molar-refractivity contribution is 0.183. The van der Waals surface area contributed by atoms with Crippen LogP contribution in [-0.2, 0) is 11.2 Å². The van der Waals surface area contributed by atoms with E-state index in [1.54, 1.807) is 6.07 Å². The number of benzene rings is 1. The van der Waals surface area contributed by atoms with E-state index >= 15 is 0 Å². The normalized spacial score (nSPS) is 10.4. The van der Waals surface area contributed by atoms with E-state index in [4.69, 9.17) is 39.5 Å². The van der Waals surface area contributed by atoms with Crippen LogP contribution in [0.4, 0.5) is 0 Å². The number of alkyl halides is 1. The molecule has 0 aliphatic carbocycles. The van der Waals surface area contributed by atoms with Gasteiger partial charge in [-0.15, -0.1) is 0 Å². The maximum Gasteiger partial charge on any atom is 0.120 e. The van der Waals surface area contributed by atoms with Crippen molar-refractivity contribution in [2.45, 2.75) is 6.42 Å². The first-order chi connectivity index (χ1) is 6.24. The minimum absolute atomic E-state index is 0.224. The predicted molar refractivity (Wildman–Crippen MR) is 56.8 cm³/mol. The van der Waals surface area contributed by atoms with Crippen molar-refractivity contribution in [1.29, 1.82) is 0 Å². The van der Waals surface area contributed by atoms with E-state index < -0.39 is 0 Å². The number of hydrogen-bond donors (Lipinski definition) is 0. The van der Waals surface area contributed by atoms with E-state index in [1.807, 2.05) is 12.1 Å². The summed E-state index contributed by atoms with van der Waals surface area (Å²) >= 11 is 16.9. The Morgan fingerprint density at radius 2 is 1.92 bits per heavy atom. The Morgan fingerprint density at radius 3 is 2.54 bits per heavy atom. The first-order valence-electron chi connectivity index (χ1n) is 3.81. The molecular formula is C9H9Cl3O. The van der Waals surface area contributed by atoms with Crippen LogP contribution in [0.2, 0.25) is 10.0 Å². The Bertz CT molecular complexity index is 276. The zero-order valence-corrected chi connectivity index (χ0v) is 9.16.